The fraction of sp³-hybridized carbons (Fsp3) is 0.111. The molecule has 0 aliphatic heterocycles. The maximum atomic E-state index is 12.3. The summed E-state index contributed by atoms with van der Waals surface area (Å²) in [5, 5.41) is 22.7. The summed E-state index contributed by atoms with van der Waals surface area (Å²) in [5.74, 6) is -0.132. The number of carbonyl (C=O) groups is 1. The van der Waals surface area contributed by atoms with Crippen LogP contribution in [0.2, 0.25) is 0 Å². The van der Waals surface area contributed by atoms with E-state index in [-0.39, 0.29) is 11.3 Å². The largest absolute Gasteiger partial charge is 0.492 e. The molecule has 0 atom stereocenters. The van der Waals surface area contributed by atoms with Crippen molar-refractivity contribution in [1.82, 2.24) is 0 Å². The van der Waals surface area contributed by atoms with Crippen LogP contribution in [0.3, 0.4) is 0 Å². The zero-order chi connectivity index (χ0) is 18.2. The van der Waals surface area contributed by atoms with Crippen LogP contribution in [-0.4, -0.2) is 17.4 Å². The van der Waals surface area contributed by atoms with Crippen molar-refractivity contribution in [3.05, 3.63) is 69.8 Å². The van der Waals surface area contributed by atoms with Gasteiger partial charge in [0.05, 0.1) is 17.2 Å². The minimum atomic E-state index is -0.624. The second-order valence-corrected chi connectivity index (χ2v) is 4.91. The van der Waals surface area contributed by atoms with Gasteiger partial charge in [-0.1, -0.05) is 24.3 Å². The number of non-ortho nitro benzene ring substituents is 1. The molecule has 0 aliphatic carbocycles. The Labute approximate surface area is 144 Å². The molecule has 126 valence electrons. The van der Waals surface area contributed by atoms with Gasteiger partial charge in [-0.2, -0.15) is 5.26 Å². The van der Waals surface area contributed by atoms with E-state index >= 15 is 0 Å². The first-order chi connectivity index (χ1) is 12.0. The van der Waals surface area contributed by atoms with Crippen molar-refractivity contribution in [3.8, 4) is 11.8 Å². The van der Waals surface area contributed by atoms with Crippen LogP contribution in [0.4, 0.5) is 11.4 Å². The summed E-state index contributed by atoms with van der Waals surface area (Å²) in [6, 6.07) is 14.4. The van der Waals surface area contributed by atoms with E-state index in [1.807, 2.05) is 13.0 Å². The molecule has 0 radical (unpaired) electrons. The number of nitrogens with one attached hydrogen (secondary N) is 1. The van der Waals surface area contributed by atoms with Gasteiger partial charge < -0.3 is 10.1 Å². The number of ether oxygens (including phenoxy) is 1. The Hall–Kier alpha value is -3.66. The van der Waals surface area contributed by atoms with Crippen LogP contribution < -0.4 is 10.1 Å². The summed E-state index contributed by atoms with van der Waals surface area (Å²) in [7, 11) is 0. The molecule has 0 saturated carbocycles. The first-order valence-corrected chi connectivity index (χ1v) is 7.44. The highest BCUT2D eigenvalue weighted by atomic mass is 16.6. The third-order valence-electron chi connectivity index (χ3n) is 3.19. The normalized spacial score (nSPS) is 10.6. The molecule has 0 unspecified atom stereocenters. The molecule has 7 heteroatoms. The van der Waals surface area contributed by atoms with Crippen LogP contribution in [-0.2, 0) is 4.79 Å². The Morgan fingerprint density at radius 3 is 2.76 bits per heavy atom. The van der Waals surface area contributed by atoms with E-state index in [0.29, 0.717) is 23.6 Å². The summed E-state index contributed by atoms with van der Waals surface area (Å²) in [6.45, 7) is 2.25. The number of benzene rings is 2. The molecule has 0 saturated heterocycles. The van der Waals surface area contributed by atoms with Gasteiger partial charge in [-0.05, 0) is 30.7 Å². The van der Waals surface area contributed by atoms with Crippen molar-refractivity contribution < 1.29 is 14.5 Å². The zero-order valence-corrected chi connectivity index (χ0v) is 13.4. The lowest BCUT2D eigenvalue weighted by Crippen LogP contribution is -2.14. The number of anilines is 1. The van der Waals surface area contributed by atoms with Crippen LogP contribution in [0.25, 0.3) is 6.08 Å². The number of hydrogen-bond acceptors (Lipinski definition) is 5. The minimum absolute atomic E-state index is 0.117. The smallest absolute Gasteiger partial charge is 0.270 e. The van der Waals surface area contributed by atoms with Crippen molar-refractivity contribution in [1.29, 1.82) is 5.26 Å². The lowest BCUT2D eigenvalue weighted by atomic mass is 10.1. The highest BCUT2D eigenvalue weighted by Crippen LogP contribution is 2.24. The monoisotopic (exact) mass is 337 g/mol. The highest BCUT2D eigenvalue weighted by molar-refractivity contribution is 6.10. The maximum Gasteiger partial charge on any atom is 0.270 e. The molecule has 1 amide bonds. The second kappa shape index (κ2) is 8.26. The van der Waals surface area contributed by atoms with E-state index in [1.165, 1.54) is 24.3 Å². The van der Waals surface area contributed by atoms with Gasteiger partial charge in [-0.15, -0.1) is 0 Å². The molecule has 1 N–H and O–H groups in total. The molecule has 0 aromatic heterocycles. The number of nitriles is 1. The molecule has 0 fully saturated rings. The van der Waals surface area contributed by atoms with Crippen molar-refractivity contribution >= 4 is 23.4 Å². The molecule has 0 bridgehead atoms. The SMILES string of the molecule is CCOc1ccccc1NC(=O)/C(C#N)=C/c1cccc([N+](=O)[O-])c1. The number of amides is 1. The number of hydrogen-bond donors (Lipinski definition) is 1. The van der Waals surface area contributed by atoms with Crippen molar-refractivity contribution in [2.75, 3.05) is 11.9 Å². The maximum absolute atomic E-state index is 12.3. The summed E-state index contributed by atoms with van der Waals surface area (Å²) >= 11 is 0. The molecule has 2 rings (SSSR count). The van der Waals surface area contributed by atoms with Crippen LogP contribution in [0, 0.1) is 21.4 Å². The van der Waals surface area contributed by atoms with Crippen molar-refractivity contribution in [2.24, 2.45) is 0 Å². The quantitative estimate of drug-likeness (QED) is 0.375. The van der Waals surface area contributed by atoms with Crippen molar-refractivity contribution in [2.45, 2.75) is 6.92 Å². The predicted molar refractivity (Wildman–Crippen MR) is 92.9 cm³/mol. The Balaban J connectivity index is 2.26. The number of carbonyl (C=O) groups excluding carboxylic acids is 1. The van der Waals surface area contributed by atoms with Crippen LogP contribution in [0.15, 0.2) is 54.1 Å². The number of nitro groups is 1. The summed E-state index contributed by atoms with van der Waals surface area (Å²) < 4.78 is 5.42. The first-order valence-electron chi connectivity index (χ1n) is 7.44. The van der Waals surface area contributed by atoms with E-state index in [9.17, 15) is 20.2 Å². The standard InChI is InChI=1S/C18H15N3O4/c1-2-25-17-9-4-3-8-16(17)20-18(22)14(12-19)10-13-6-5-7-15(11-13)21(23)24/h3-11H,2H2,1H3,(H,20,22)/b14-10+. The topological polar surface area (TPSA) is 105 Å². The first kappa shape index (κ1) is 17.7. The molecule has 0 heterocycles. The van der Waals surface area contributed by atoms with Crippen LogP contribution >= 0.6 is 0 Å². The Bertz CT molecular complexity index is 869. The van der Waals surface area contributed by atoms with Crippen LogP contribution in [0.1, 0.15) is 12.5 Å². The molecule has 0 aliphatic rings. The lowest BCUT2D eigenvalue weighted by molar-refractivity contribution is -0.384. The van der Waals surface area contributed by atoms with Gasteiger partial charge >= 0.3 is 0 Å². The zero-order valence-electron chi connectivity index (χ0n) is 13.4. The summed E-state index contributed by atoms with van der Waals surface area (Å²) in [6.07, 6.45) is 1.30. The van der Waals surface area contributed by atoms with Crippen LogP contribution in [0.5, 0.6) is 5.75 Å². The molecule has 2 aromatic rings. The van der Waals surface area contributed by atoms with E-state index in [0.717, 1.165) is 0 Å². The molecule has 2 aromatic carbocycles. The number of para-hydroxylation sites is 2. The summed E-state index contributed by atoms with van der Waals surface area (Å²) in [5.41, 5.74) is 0.536. The third-order valence-corrected chi connectivity index (χ3v) is 3.19. The second-order valence-electron chi connectivity index (χ2n) is 4.91. The van der Waals surface area contributed by atoms with Gasteiger partial charge in [-0.25, -0.2) is 0 Å². The van der Waals surface area contributed by atoms with Gasteiger partial charge in [0.25, 0.3) is 11.6 Å². The number of nitrogens with zero attached hydrogens (tertiary/aromatic N) is 2. The Kier molecular flexibility index (Phi) is 5.85. The Morgan fingerprint density at radius 1 is 1.32 bits per heavy atom. The fourth-order valence-corrected chi connectivity index (χ4v) is 2.08. The molecular formula is C18H15N3O4. The molecule has 0 spiro atoms. The number of rotatable bonds is 6. The summed E-state index contributed by atoms with van der Waals surface area (Å²) in [4.78, 5) is 22.6. The van der Waals surface area contributed by atoms with E-state index in [2.05, 4.69) is 5.32 Å². The van der Waals surface area contributed by atoms with E-state index in [4.69, 9.17) is 4.74 Å². The average Bonchev–Trinajstić information content (AvgIpc) is 2.61. The van der Waals surface area contributed by atoms with E-state index < -0.39 is 10.8 Å². The third kappa shape index (κ3) is 4.65. The van der Waals surface area contributed by atoms with E-state index in [1.54, 1.807) is 30.3 Å². The predicted octanol–water partition coefficient (Wildman–Crippen LogP) is 3.54. The van der Waals surface area contributed by atoms with Gasteiger partial charge in [0.1, 0.15) is 17.4 Å². The average molecular weight is 337 g/mol. The fourth-order valence-electron chi connectivity index (χ4n) is 2.08. The lowest BCUT2D eigenvalue weighted by Gasteiger charge is -2.10. The molecule has 25 heavy (non-hydrogen) atoms. The minimum Gasteiger partial charge on any atom is -0.492 e. The van der Waals surface area contributed by atoms with Gasteiger partial charge in [0.2, 0.25) is 0 Å². The van der Waals surface area contributed by atoms with Gasteiger partial charge in [0, 0.05) is 12.1 Å². The molecule has 7 nitrogen and oxygen atoms in total. The Morgan fingerprint density at radius 2 is 2.08 bits per heavy atom. The number of nitro benzene ring substituents is 1. The van der Waals surface area contributed by atoms with Gasteiger partial charge in [0.15, 0.2) is 0 Å². The van der Waals surface area contributed by atoms with Gasteiger partial charge in [-0.3, -0.25) is 14.9 Å². The molecular weight excluding hydrogens is 322 g/mol. The highest BCUT2D eigenvalue weighted by Gasteiger charge is 2.13. The van der Waals surface area contributed by atoms with Crippen molar-refractivity contribution in [3.63, 3.8) is 0 Å².